The second-order valence-corrected chi connectivity index (χ2v) is 4.82. The van der Waals surface area contributed by atoms with Crippen molar-refractivity contribution in [3.8, 4) is 0 Å². The molecule has 86 valence electrons. The fourth-order valence-electron chi connectivity index (χ4n) is 2.85. The molecule has 1 aliphatic carbocycles. The van der Waals surface area contributed by atoms with Crippen LogP contribution in [0.1, 0.15) is 30.4 Å². The molecule has 1 heterocycles. The molecule has 0 amide bonds. The second-order valence-electron chi connectivity index (χ2n) is 4.39. The Morgan fingerprint density at radius 2 is 2.19 bits per heavy atom. The quantitative estimate of drug-likeness (QED) is 0.747. The molecule has 2 aliphatic rings. The van der Waals surface area contributed by atoms with Gasteiger partial charge >= 0.3 is 0 Å². The van der Waals surface area contributed by atoms with E-state index in [-0.39, 0.29) is 12.4 Å². The predicted octanol–water partition coefficient (Wildman–Crippen LogP) is 3.63. The van der Waals surface area contributed by atoms with Crippen LogP contribution in [0.5, 0.6) is 0 Å². The standard InChI is InChI=1S/C13H14ClN.ClH/c1-8-10-3-2-9(14)6-12(10)13-7-15-5-4-11(8)13;/h2-3,6,13,15H,4-5,7H2,1H3;1H. The van der Waals surface area contributed by atoms with Crippen molar-refractivity contribution >= 4 is 29.6 Å². The summed E-state index contributed by atoms with van der Waals surface area (Å²) in [6.45, 7) is 4.43. The number of nitrogens with one attached hydrogen (secondary N) is 1. The first-order valence-corrected chi connectivity index (χ1v) is 5.85. The third-order valence-electron chi connectivity index (χ3n) is 3.61. The van der Waals surface area contributed by atoms with Crippen LogP contribution in [0.2, 0.25) is 5.02 Å². The molecule has 1 nitrogen and oxygen atoms in total. The third-order valence-corrected chi connectivity index (χ3v) is 3.85. The van der Waals surface area contributed by atoms with E-state index in [1.54, 1.807) is 5.57 Å². The summed E-state index contributed by atoms with van der Waals surface area (Å²) in [6.07, 6.45) is 1.18. The molecule has 1 aromatic rings. The highest BCUT2D eigenvalue weighted by Gasteiger charge is 2.30. The highest BCUT2D eigenvalue weighted by Crippen LogP contribution is 2.44. The van der Waals surface area contributed by atoms with Gasteiger partial charge in [0.1, 0.15) is 0 Å². The van der Waals surface area contributed by atoms with Gasteiger partial charge in [0, 0.05) is 17.5 Å². The van der Waals surface area contributed by atoms with Gasteiger partial charge in [-0.3, -0.25) is 0 Å². The van der Waals surface area contributed by atoms with E-state index >= 15 is 0 Å². The van der Waals surface area contributed by atoms with E-state index in [0.29, 0.717) is 5.92 Å². The maximum atomic E-state index is 6.06. The summed E-state index contributed by atoms with van der Waals surface area (Å²) in [7, 11) is 0. The number of rotatable bonds is 0. The van der Waals surface area contributed by atoms with Gasteiger partial charge in [-0.15, -0.1) is 12.4 Å². The molecule has 1 N–H and O–H groups in total. The number of benzene rings is 1. The average molecular weight is 256 g/mol. The van der Waals surface area contributed by atoms with Crippen molar-refractivity contribution in [3.63, 3.8) is 0 Å². The number of piperidine rings is 1. The minimum absolute atomic E-state index is 0. The molecule has 0 bridgehead atoms. The van der Waals surface area contributed by atoms with Gasteiger partial charge < -0.3 is 5.32 Å². The molecule has 3 rings (SSSR count). The molecule has 3 heteroatoms. The summed E-state index contributed by atoms with van der Waals surface area (Å²) in [6, 6.07) is 6.29. The van der Waals surface area contributed by atoms with Gasteiger partial charge in [0.05, 0.1) is 0 Å². The summed E-state index contributed by atoms with van der Waals surface area (Å²) in [5.74, 6) is 0.576. The SMILES string of the molecule is CC1=C2CCNCC2c2cc(Cl)ccc21.Cl. The summed E-state index contributed by atoms with van der Waals surface area (Å²) < 4.78 is 0. The molecule has 1 aliphatic heterocycles. The lowest BCUT2D eigenvalue weighted by molar-refractivity contribution is 0.564. The van der Waals surface area contributed by atoms with Crippen molar-refractivity contribution in [1.29, 1.82) is 0 Å². The van der Waals surface area contributed by atoms with E-state index in [1.807, 2.05) is 6.07 Å². The molecule has 0 radical (unpaired) electrons. The Morgan fingerprint density at radius 1 is 1.38 bits per heavy atom. The van der Waals surface area contributed by atoms with Crippen LogP contribution in [0.25, 0.3) is 5.57 Å². The van der Waals surface area contributed by atoms with Gasteiger partial charge in [-0.05, 0) is 48.7 Å². The number of allylic oxidation sites excluding steroid dienone is 1. The zero-order valence-electron chi connectivity index (χ0n) is 9.22. The molecule has 0 spiro atoms. The van der Waals surface area contributed by atoms with Crippen molar-refractivity contribution < 1.29 is 0 Å². The largest absolute Gasteiger partial charge is 0.315 e. The molecule has 1 saturated heterocycles. The molecule has 1 unspecified atom stereocenters. The average Bonchev–Trinajstić information content (AvgIpc) is 2.54. The number of hydrogen-bond acceptors (Lipinski definition) is 1. The van der Waals surface area contributed by atoms with E-state index < -0.39 is 0 Å². The number of fused-ring (bicyclic) bond motifs is 3. The van der Waals surface area contributed by atoms with Gasteiger partial charge in [-0.25, -0.2) is 0 Å². The van der Waals surface area contributed by atoms with Crippen LogP contribution in [0, 0.1) is 0 Å². The molecule has 1 aromatic carbocycles. The fourth-order valence-corrected chi connectivity index (χ4v) is 3.03. The van der Waals surface area contributed by atoms with Crippen LogP contribution in [-0.4, -0.2) is 13.1 Å². The molecular weight excluding hydrogens is 241 g/mol. The van der Waals surface area contributed by atoms with Crippen LogP contribution >= 0.6 is 24.0 Å². The van der Waals surface area contributed by atoms with E-state index in [9.17, 15) is 0 Å². The Hall–Kier alpha value is -0.500. The summed E-state index contributed by atoms with van der Waals surface area (Å²) in [4.78, 5) is 0. The van der Waals surface area contributed by atoms with Gasteiger partial charge in [-0.1, -0.05) is 23.2 Å². The van der Waals surface area contributed by atoms with Gasteiger partial charge in [-0.2, -0.15) is 0 Å². The van der Waals surface area contributed by atoms with E-state index in [0.717, 1.165) is 18.1 Å². The van der Waals surface area contributed by atoms with Crippen LogP contribution in [0.15, 0.2) is 23.8 Å². The predicted molar refractivity (Wildman–Crippen MR) is 71.5 cm³/mol. The van der Waals surface area contributed by atoms with Gasteiger partial charge in [0.2, 0.25) is 0 Å². The van der Waals surface area contributed by atoms with Crippen molar-refractivity contribution in [3.05, 3.63) is 39.9 Å². The topological polar surface area (TPSA) is 12.0 Å². The monoisotopic (exact) mass is 255 g/mol. The minimum Gasteiger partial charge on any atom is -0.315 e. The lowest BCUT2D eigenvalue weighted by Crippen LogP contribution is -2.29. The van der Waals surface area contributed by atoms with E-state index in [2.05, 4.69) is 24.4 Å². The van der Waals surface area contributed by atoms with Crippen molar-refractivity contribution in [2.45, 2.75) is 19.3 Å². The zero-order valence-corrected chi connectivity index (χ0v) is 10.8. The Labute approximate surface area is 107 Å². The lowest BCUT2D eigenvalue weighted by Gasteiger charge is -2.23. The Bertz CT molecular complexity index is 451. The Balaban J connectivity index is 0.000000963. The summed E-state index contributed by atoms with van der Waals surface area (Å²) in [5.41, 5.74) is 5.92. The van der Waals surface area contributed by atoms with Crippen LogP contribution in [-0.2, 0) is 0 Å². The molecule has 0 aromatic heterocycles. The summed E-state index contributed by atoms with van der Waals surface area (Å²) in [5, 5.41) is 4.31. The van der Waals surface area contributed by atoms with E-state index in [4.69, 9.17) is 11.6 Å². The van der Waals surface area contributed by atoms with Crippen molar-refractivity contribution in [1.82, 2.24) is 5.32 Å². The molecular formula is C13H15Cl2N. The molecule has 0 saturated carbocycles. The first-order chi connectivity index (χ1) is 7.27. The minimum atomic E-state index is 0. The molecule has 1 fully saturated rings. The zero-order chi connectivity index (χ0) is 10.4. The summed E-state index contributed by atoms with van der Waals surface area (Å²) >= 11 is 6.06. The Morgan fingerprint density at radius 3 is 3.00 bits per heavy atom. The smallest absolute Gasteiger partial charge is 0.0409 e. The van der Waals surface area contributed by atoms with Crippen molar-refractivity contribution in [2.75, 3.05) is 13.1 Å². The highest BCUT2D eigenvalue weighted by atomic mass is 35.5. The normalized spacial score (nSPS) is 22.5. The first kappa shape index (κ1) is 12.0. The number of hydrogen-bond donors (Lipinski definition) is 1. The third kappa shape index (κ3) is 1.67. The first-order valence-electron chi connectivity index (χ1n) is 5.47. The number of halogens is 2. The molecule has 16 heavy (non-hydrogen) atoms. The second kappa shape index (κ2) is 4.40. The van der Waals surface area contributed by atoms with Crippen molar-refractivity contribution in [2.24, 2.45) is 0 Å². The van der Waals surface area contributed by atoms with Crippen LogP contribution < -0.4 is 5.32 Å². The highest BCUT2D eigenvalue weighted by molar-refractivity contribution is 6.30. The van der Waals surface area contributed by atoms with E-state index in [1.165, 1.54) is 23.1 Å². The molecule has 1 atom stereocenters. The van der Waals surface area contributed by atoms with Gasteiger partial charge in [0.15, 0.2) is 0 Å². The lowest BCUT2D eigenvalue weighted by atomic mass is 9.91. The maximum Gasteiger partial charge on any atom is 0.0409 e. The van der Waals surface area contributed by atoms with Gasteiger partial charge in [0.25, 0.3) is 0 Å². The Kier molecular flexibility index (Phi) is 3.29. The van der Waals surface area contributed by atoms with Crippen LogP contribution in [0.3, 0.4) is 0 Å². The maximum absolute atomic E-state index is 6.06. The van der Waals surface area contributed by atoms with Crippen LogP contribution in [0.4, 0.5) is 0 Å². The fraction of sp³-hybridized carbons (Fsp3) is 0.385.